The lowest BCUT2D eigenvalue weighted by atomic mass is 9.99. The van der Waals surface area contributed by atoms with Gasteiger partial charge in [0.15, 0.2) is 11.6 Å². The SMILES string of the molecule is Cc1cccc(-c2nc(-c3ccccc3C(N)=O)c(-c3cccc(Cl)c3)n2-c2cccc(Cl)c2F)n1. The van der Waals surface area contributed by atoms with Gasteiger partial charge in [0.1, 0.15) is 5.69 Å². The van der Waals surface area contributed by atoms with E-state index < -0.39 is 11.7 Å². The smallest absolute Gasteiger partial charge is 0.249 e. The summed E-state index contributed by atoms with van der Waals surface area (Å²) in [5.74, 6) is -0.867. The molecule has 0 spiro atoms. The van der Waals surface area contributed by atoms with Crippen molar-refractivity contribution in [2.75, 3.05) is 0 Å². The van der Waals surface area contributed by atoms with Gasteiger partial charge in [-0.25, -0.2) is 14.4 Å². The minimum absolute atomic E-state index is 0.0412. The van der Waals surface area contributed by atoms with Crippen LogP contribution in [0.3, 0.4) is 0 Å². The highest BCUT2D eigenvalue weighted by molar-refractivity contribution is 6.31. The summed E-state index contributed by atoms with van der Waals surface area (Å²) in [5.41, 5.74) is 9.51. The maximum Gasteiger partial charge on any atom is 0.249 e. The molecule has 0 atom stereocenters. The quantitative estimate of drug-likeness (QED) is 0.270. The number of hydrogen-bond acceptors (Lipinski definition) is 3. The molecule has 1 amide bonds. The van der Waals surface area contributed by atoms with Crippen LogP contribution in [0.5, 0.6) is 0 Å². The van der Waals surface area contributed by atoms with Crippen molar-refractivity contribution in [1.82, 2.24) is 14.5 Å². The molecule has 0 aliphatic carbocycles. The van der Waals surface area contributed by atoms with Crippen LogP contribution >= 0.6 is 23.2 Å². The number of nitrogens with zero attached hydrogens (tertiary/aromatic N) is 3. The lowest BCUT2D eigenvalue weighted by molar-refractivity contribution is 0.100. The van der Waals surface area contributed by atoms with Crippen LogP contribution in [0.2, 0.25) is 10.0 Å². The van der Waals surface area contributed by atoms with Crippen molar-refractivity contribution in [1.29, 1.82) is 0 Å². The Balaban J connectivity index is 1.98. The standard InChI is InChI=1S/C28H19Cl2FN4O/c1-16-7-4-13-22(33-16)28-34-25(19-10-2-3-11-20(19)27(32)36)26(17-8-5-9-18(29)15-17)35(28)23-14-6-12-21(30)24(23)31/h2-15H,1H3,(H2,32,36). The summed E-state index contributed by atoms with van der Waals surface area (Å²) in [7, 11) is 0. The minimum Gasteiger partial charge on any atom is -0.366 e. The van der Waals surface area contributed by atoms with Crippen molar-refractivity contribution in [3.8, 4) is 39.7 Å². The maximum absolute atomic E-state index is 15.6. The van der Waals surface area contributed by atoms with E-state index in [9.17, 15) is 4.79 Å². The summed E-state index contributed by atoms with van der Waals surface area (Å²) < 4.78 is 17.2. The molecule has 0 saturated heterocycles. The third-order valence-electron chi connectivity index (χ3n) is 5.71. The summed E-state index contributed by atoms with van der Waals surface area (Å²) in [6, 6.07) is 24.3. The summed E-state index contributed by atoms with van der Waals surface area (Å²) in [6.45, 7) is 1.86. The number of carbonyl (C=O) groups is 1. The molecule has 0 radical (unpaired) electrons. The van der Waals surface area contributed by atoms with Crippen LogP contribution in [0.25, 0.3) is 39.7 Å². The molecule has 8 heteroatoms. The van der Waals surface area contributed by atoms with Gasteiger partial charge in [-0.15, -0.1) is 0 Å². The Morgan fingerprint density at radius 2 is 1.67 bits per heavy atom. The van der Waals surface area contributed by atoms with E-state index in [2.05, 4.69) is 4.98 Å². The van der Waals surface area contributed by atoms with Gasteiger partial charge >= 0.3 is 0 Å². The third-order valence-corrected chi connectivity index (χ3v) is 6.24. The van der Waals surface area contributed by atoms with Crippen molar-refractivity contribution in [2.24, 2.45) is 5.73 Å². The molecule has 0 bridgehead atoms. The zero-order valence-corrected chi connectivity index (χ0v) is 20.6. The van der Waals surface area contributed by atoms with Crippen LogP contribution in [0.15, 0.2) is 84.9 Å². The Labute approximate surface area is 217 Å². The summed E-state index contributed by atoms with van der Waals surface area (Å²) in [5, 5.41) is 0.441. The number of benzene rings is 3. The number of aryl methyl sites for hydroxylation is 1. The van der Waals surface area contributed by atoms with Gasteiger partial charge in [-0.1, -0.05) is 65.7 Å². The largest absolute Gasteiger partial charge is 0.366 e. The number of primary amides is 1. The molecular formula is C28H19Cl2FN4O. The van der Waals surface area contributed by atoms with Crippen LogP contribution in [0, 0.1) is 12.7 Å². The molecule has 0 aliphatic heterocycles. The van der Waals surface area contributed by atoms with Gasteiger partial charge < -0.3 is 5.73 Å². The van der Waals surface area contributed by atoms with Gasteiger partial charge in [0.25, 0.3) is 0 Å². The first-order valence-electron chi connectivity index (χ1n) is 11.0. The Morgan fingerprint density at radius 3 is 2.42 bits per heavy atom. The Kier molecular flexibility index (Phi) is 6.31. The number of nitrogens with two attached hydrogens (primary N) is 1. The van der Waals surface area contributed by atoms with Crippen molar-refractivity contribution in [2.45, 2.75) is 6.92 Å². The first-order chi connectivity index (χ1) is 17.3. The molecule has 0 aliphatic rings. The Bertz CT molecular complexity index is 1630. The van der Waals surface area contributed by atoms with Gasteiger partial charge in [-0.2, -0.15) is 0 Å². The number of aromatic nitrogens is 3. The fourth-order valence-electron chi connectivity index (χ4n) is 4.15. The Morgan fingerprint density at radius 1 is 0.917 bits per heavy atom. The highest BCUT2D eigenvalue weighted by Crippen LogP contribution is 2.41. The number of imidazole rings is 1. The molecule has 178 valence electrons. The van der Waals surface area contributed by atoms with E-state index in [-0.39, 0.29) is 16.3 Å². The van der Waals surface area contributed by atoms with Crippen molar-refractivity contribution >= 4 is 29.1 Å². The van der Waals surface area contributed by atoms with Crippen LogP contribution in [-0.4, -0.2) is 20.4 Å². The molecule has 5 aromatic rings. The molecule has 2 N–H and O–H groups in total. The van der Waals surface area contributed by atoms with Gasteiger partial charge in [0.05, 0.1) is 22.1 Å². The molecule has 5 rings (SSSR count). The average Bonchev–Trinajstić information content (AvgIpc) is 3.26. The number of halogens is 3. The maximum atomic E-state index is 15.6. The van der Waals surface area contributed by atoms with Crippen molar-refractivity contribution < 1.29 is 9.18 Å². The van der Waals surface area contributed by atoms with E-state index in [0.717, 1.165) is 5.69 Å². The number of carbonyl (C=O) groups excluding carboxylic acids is 1. The van der Waals surface area contributed by atoms with E-state index in [1.807, 2.05) is 25.1 Å². The van der Waals surface area contributed by atoms with Gasteiger partial charge in [0.2, 0.25) is 5.91 Å². The number of hydrogen-bond donors (Lipinski definition) is 1. The molecule has 2 heterocycles. The van der Waals surface area contributed by atoms with Crippen molar-refractivity contribution in [3.05, 3.63) is 112 Å². The summed E-state index contributed by atoms with van der Waals surface area (Å²) in [4.78, 5) is 21.9. The zero-order valence-electron chi connectivity index (χ0n) is 19.0. The highest BCUT2D eigenvalue weighted by atomic mass is 35.5. The predicted octanol–water partition coefficient (Wildman–Crippen LogP) is 7.12. The number of rotatable bonds is 5. The predicted molar refractivity (Wildman–Crippen MR) is 141 cm³/mol. The van der Waals surface area contributed by atoms with Crippen molar-refractivity contribution in [3.63, 3.8) is 0 Å². The minimum atomic E-state index is -0.622. The van der Waals surface area contributed by atoms with Crippen LogP contribution < -0.4 is 5.73 Å². The second-order valence-electron chi connectivity index (χ2n) is 8.13. The topological polar surface area (TPSA) is 73.8 Å². The highest BCUT2D eigenvalue weighted by Gasteiger charge is 2.27. The molecule has 0 saturated carbocycles. The van der Waals surface area contributed by atoms with E-state index in [0.29, 0.717) is 39.1 Å². The summed E-state index contributed by atoms with van der Waals surface area (Å²) >= 11 is 12.6. The third kappa shape index (κ3) is 4.26. The average molecular weight is 517 g/mol. The van der Waals surface area contributed by atoms with E-state index in [1.165, 1.54) is 6.07 Å². The first kappa shape index (κ1) is 23.7. The molecule has 0 unspecified atom stereocenters. The lowest BCUT2D eigenvalue weighted by Gasteiger charge is -2.15. The van der Waals surface area contributed by atoms with Crippen LogP contribution in [0.1, 0.15) is 16.1 Å². The second-order valence-corrected chi connectivity index (χ2v) is 8.97. The lowest BCUT2D eigenvalue weighted by Crippen LogP contribution is -2.12. The van der Waals surface area contributed by atoms with Gasteiger partial charge in [0, 0.05) is 27.4 Å². The molecule has 36 heavy (non-hydrogen) atoms. The molecular weight excluding hydrogens is 498 g/mol. The monoisotopic (exact) mass is 516 g/mol. The second kappa shape index (κ2) is 9.57. The van der Waals surface area contributed by atoms with Crippen LogP contribution in [-0.2, 0) is 0 Å². The van der Waals surface area contributed by atoms with E-state index >= 15 is 4.39 Å². The summed E-state index contributed by atoms with van der Waals surface area (Å²) in [6.07, 6.45) is 0. The number of amides is 1. The van der Waals surface area contributed by atoms with Gasteiger partial charge in [-0.3, -0.25) is 9.36 Å². The molecule has 5 nitrogen and oxygen atoms in total. The first-order valence-corrected chi connectivity index (χ1v) is 11.8. The Hall–Kier alpha value is -4.00. The fraction of sp³-hybridized carbons (Fsp3) is 0.0357. The normalized spacial score (nSPS) is 11.0. The molecule has 2 aromatic heterocycles. The fourth-order valence-corrected chi connectivity index (χ4v) is 4.51. The van der Waals surface area contributed by atoms with E-state index in [1.54, 1.807) is 65.2 Å². The van der Waals surface area contributed by atoms with Gasteiger partial charge in [-0.05, 0) is 49.4 Å². The van der Waals surface area contributed by atoms with Crippen LogP contribution in [0.4, 0.5) is 4.39 Å². The molecule has 0 fully saturated rings. The number of pyridine rings is 1. The zero-order chi connectivity index (χ0) is 25.4. The van der Waals surface area contributed by atoms with E-state index in [4.69, 9.17) is 33.9 Å². The molecule has 3 aromatic carbocycles.